The molecule has 25 heavy (non-hydrogen) atoms. The minimum absolute atomic E-state index is 0.0385. The molecule has 0 bridgehead atoms. The second-order valence-electron chi connectivity index (χ2n) is 5.96. The Labute approximate surface area is 149 Å². The molecule has 0 saturated heterocycles. The van der Waals surface area contributed by atoms with Gasteiger partial charge in [-0.15, -0.1) is 11.3 Å². The van der Waals surface area contributed by atoms with E-state index in [1.54, 1.807) is 0 Å². The minimum Gasteiger partial charge on any atom is -0.297 e. The normalized spacial score (nSPS) is 10.6. The maximum absolute atomic E-state index is 11.8. The summed E-state index contributed by atoms with van der Waals surface area (Å²) in [5, 5.41) is 11.8. The SMILES string of the molecule is Cc1ccc(Cc2c(C=O)sc(-c3ccccc3)c2[N+](=O)[O-])cc1C. The molecule has 1 heterocycles. The molecular weight excluding hydrogens is 334 g/mol. The summed E-state index contributed by atoms with van der Waals surface area (Å²) in [5.41, 5.74) is 4.56. The summed E-state index contributed by atoms with van der Waals surface area (Å²) in [4.78, 5) is 23.9. The van der Waals surface area contributed by atoms with Crippen LogP contribution in [0, 0.1) is 24.0 Å². The van der Waals surface area contributed by atoms with E-state index in [2.05, 4.69) is 0 Å². The lowest BCUT2D eigenvalue weighted by molar-refractivity contribution is -0.384. The number of carbonyl (C=O) groups is 1. The van der Waals surface area contributed by atoms with Crippen molar-refractivity contribution in [1.82, 2.24) is 0 Å². The molecule has 0 aliphatic carbocycles. The highest BCUT2D eigenvalue weighted by Gasteiger charge is 2.28. The van der Waals surface area contributed by atoms with Crippen molar-refractivity contribution in [2.24, 2.45) is 0 Å². The summed E-state index contributed by atoms with van der Waals surface area (Å²) in [5.74, 6) is 0. The first kappa shape index (κ1) is 17.0. The Bertz CT molecular complexity index is 945. The van der Waals surface area contributed by atoms with Gasteiger partial charge >= 0.3 is 0 Å². The molecular formula is C20H17NO3S. The first-order valence-electron chi connectivity index (χ1n) is 7.88. The molecule has 0 fully saturated rings. The Morgan fingerprint density at radius 1 is 1.08 bits per heavy atom. The average Bonchev–Trinajstić information content (AvgIpc) is 2.97. The lowest BCUT2D eigenvalue weighted by atomic mass is 9.99. The quantitative estimate of drug-likeness (QED) is 0.354. The molecule has 0 radical (unpaired) electrons. The second kappa shape index (κ2) is 6.99. The summed E-state index contributed by atoms with van der Waals surface area (Å²) in [6.07, 6.45) is 1.09. The largest absolute Gasteiger partial charge is 0.297 e. The Morgan fingerprint density at radius 3 is 2.40 bits per heavy atom. The number of aryl methyl sites for hydroxylation is 2. The van der Waals surface area contributed by atoms with E-state index in [1.807, 2.05) is 62.4 Å². The van der Waals surface area contributed by atoms with Crippen LogP contribution in [0.2, 0.25) is 0 Å². The van der Waals surface area contributed by atoms with Gasteiger partial charge in [0.05, 0.1) is 15.4 Å². The molecule has 0 saturated carbocycles. The molecule has 5 heteroatoms. The van der Waals surface area contributed by atoms with Gasteiger partial charge in [-0.3, -0.25) is 14.9 Å². The summed E-state index contributed by atoms with van der Waals surface area (Å²) in [7, 11) is 0. The lowest BCUT2D eigenvalue weighted by Gasteiger charge is -2.05. The average molecular weight is 351 g/mol. The van der Waals surface area contributed by atoms with E-state index in [0.29, 0.717) is 21.7 Å². The maximum Gasteiger partial charge on any atom is 0.292 e. The molecule has 3 aromatic rings. The van der Waals surface area contributed by atoms with Gasteiger partial charge in [-0.25, -0.2) is 0 Å². The van der Waals surface area contributed by atoms with Gasteiger partial charge in [-0.2, -0.15) is 0 Å². The van der Waals surface area contributed by atoms with E-state index >= 15 is 0 Å². The fraction of sp³-hybridized carbons (Fsp3) is 0.150. The van der Waals surface area contributed by atoms with Crippen LogP contribution in [0.25, 0.3) is 10.4 Å². The maximum atomic E-state index is 11.8. The van der Waals surface area contributed by atoms with Crippen LogP contribution in [0.3, 0.4) is 0 Å². The highest BCUT2D eigenvalue weighted by Crippen LogP contribution is 2.42. The minimum atomic E-state index is -0.373. The van der Waals surface area contributed by atoms with Gasteiger partial charge < -0.3 is 0 Å². The third-order valence-corrected chi connectivity index (χ3v) is 5.48. The molecule has 3 rings (SSSR count). The Balaban J connectivity index is 2.14. The number of hydrogen-bond donors (Lipinski definition) is 0. The molecule has 4 nitrogen and oxygen atoms in total. The van der Waals surface area contributed by atoms with E-state index < -0.39 is 0 Å². The van der Waals surface area contributed by atoms with Crippen LogP contribution in [-0.4, -0.2) is 11.2 Å². The van der Waals surface area contributed by atoms with E-state index in [4.69, 9.17) is 0 Å². The second-order valence-corrected chi connectivity index (χ2v) is 7.01. The molecule has 2 aromatic carbocycles. The highest BCUT2D eigenvalue weighted by atomic mass is 32.1. The molecule has 0 aliphatic rings. The van der Waals surface area contributed by atoms with Gasteiger partial charge in [0.2, 0.25) is 0 Å². The molecule has 0 atom stereocenters. The van der Waals surface area contributed by atoms with Crippen LogP contribution in [-0.2, 0) is 6.42 Å². The van der Waals surface area contributed by atoms with Gasteiger partial charge in [0, 0.05) is 6.42 Å². The van der Waals surface area contributed by atoms with Gasteiger partial charge in [-0.1, -0.05) is 48.5 Å². The van der Waals surface area contributed by atoms with Crippen LogP contribution in [0.5, 0.6) is 0 Å². The van der Waals surface area contributed by atoms with Crippen LogP contribution in [0.15, 0.2) is 48.5 Å². The Hall–Kier alpha value is -2.79. The van der Waals surface area contributed by atoms with Crippen molar-refractivity contribution in [2.75, 3.05) is 0 Å². The van der Waals surface area contributed by atoms with Gasteiger partial charge in [0.15, 0.2) is 6.29 Å². The van der Waals surface area contributed by atoms with Crippen molar-refractivity contribution in [2.45, 2.75) is 20.3 Å². The van der Waals surface area contributed by atoms with Crippen molar-refractivity contribution in [3.63, 3.8) is 0 Å². The number of aldehydes is 1. The summed E-state index contributed by atoms with van der Waals surface area (Å²) in [6, 6.07) is 15.2. The molecule has 1 aromatic heterocycles. The van der Waals surface area contributed by atoms with Gasteiger partial charge in [0.1, 0.15) is 4.88 Å². The zero-order valence-electron chi connectivity index (χ0n) is 14.0. The van der Waals surface area contributed by atoms with Gasteiger partial charge in [-0.05, 0) is 36.1 Å². The monoisotopic (exact) mass is 351 g/mol. The number of carbonyl (C=O) groups excluding carboxylic acids is 1. The predicted octanol–water partition coefficient (Wildman–Crippen LogP) is 5.34. The van der Waals surface area contributed by atoms with Crippen molar-refractivity contribution in [3.05, 3.63) is 85.8 Å². The van der Waals surface area contributed by atoms with Crippen molar-refractivity contribution < 1.29 is 9.72 Å². The molecule has 0 amide bonds. The van der Waals surface area contributed by atoms with E-state index in [-0.39, 0.29) is 10.6 Å². The Kier molecular flexibility index (Phi) is 4.76. The summed E-state index contributed by atoms with van der Waals surface area (Å²) >= 11 is 1.18. The number of nitrogens with zero attached hydrogens (tertiary/aromatic N) is 1. The summed E-state index contributed by atoms with van der Waals surface area (Å²) in [6.45, 7) is 4.04. The molecule has 0 N–H and O–H groups in total. The van der Waals surface area contributed by atoms with Crippen molar-refractivity contribution in [3.8, 4) is 10.4 Å². The Morgan fingerprint density at radius 2 is 1.80 bits per heavy atom. The van der Waals surface area contributed by atoms with Crippen LogP contribution in [0.4, 0.5) is 5.69 Å². The first-order valence-corrected chi connectivity index (χ1v) is 8.69. The third-order valence-electron chi connectivity index (χ3n) is 4.29. The van der Waals surface area contributed by atoms with Gasteiger partial charge in [0.25, 0.3) is 5.69 Å². The lowest BCUT2D eigenvalue weighted by Crippen LogP contribution is -1.98. The van der Waals surface area contributed by atoms with E-state index in [0.717, 1.165) is 23.0 Å². The van der Waals surface area contributed by atoms with Crippen LogP contribution in [0.1, 0.15) is 31.9 Å². The molecule has 0 unspecified atom stereocenters. The van der Waals surface area contributed by atoms with Crippen LogP contribution < -0.4 is 0 Å². The van der Waals surface area contributed by atoms with Crippen molar-refractivity contribution >= 4 is 23.3 Å². The summed E-state index contributed by atoms with van der Waals surface area (Å²) < 4.78 is 0. The zero-order valence-corrected chi connectivity index (χ0v) is 14.8. The molecule has 126 valence electrons. The number of nitro groups is 1. The number of hydrogen-bond acceptors (Lipinski definition) is 4. The fourth-order valence-corrected chi connectivity index (χ4v) is 3.94. The van der Waals surface area contributed by atoms with E-state index in [9.17, 15) is 14.9 Å². The van der Waals surface area contributed by atoms with Crippen molar-refractivity contribution in [1.29, 1.82) is 0 Å². The third kappa shape index (κ3) is 3.37. The van der Waals surface area contributed by atoms with E-state index in [1.165, 1.54) is 16.9 Å². The standard InChI is InChI=1S/C20H17NO3S/c1-13-8-9-15(10-14(13)2)11-17-18(12-22)25-20(19(17)21(23)24)16-6-4-3-5-7-16/h3-10,12H,11H2,1-2H3. The number of rotatable bonds is 5. The van der Waals surface area contributed by atoms with Crippen LogP contribution >= 0.6 is 11.3 Å². The zero-order chi connectivity index (χ0) is 18.0. The topological polar surface area (TPSA) is 60.2 Å². The smallest absolute Gasteiger partial charge is 0.292 e. The molecule has 0 aliphatic heterocycles. The fourth-order valence-electron chi connectivity index (χ4n) is 2.84. The molecule has 0 spiro atoms. The predicted molar refractivity (Wildman–Crippen MR) is 101 cm³/mol. The number of thiophene rings is 1. The highest BCUT2D eigenvalue weighted by molar-refractivity contribution is 7.17. The first-order chi connectivity index (χ1) is 12.0. The number of benzene rings is 2.